The number of fused-ring (bicyclic) bond motifs is 1. The van der Waals surface area contributed by atoms with Gasteiger partial charge in [0.2, 0.25) is 6.10 Å². The van der Waals surface area contributed by atoms with E-state index in [2.05, 4.69) is 15.5 Å². The number of benzene rings is 2. The van der Waals surface area contributed by atoms with E-state index in [0.717, 1.165) is 11.3 Å². The van der Waals surface area contributed by atoms with E-state index in [4.69, 9.17) is 9.25 Å². The third-order valence-electron chi connectivity index (χ3n) is 3.75. The van der Waals surface area contributed by atoms with E-state index < -0.39 is 11.9 Å². The molecule has 0 bridgehead atoms. The number of amides is 1. The highest BCUT2D eigenvalue weighted by Gasteiger charge is 2.28. The minimum atomic E-state index is -0.681. The lowest BCUT2D eigenvalue weighted by atomic mass is 10.0. The molecule has 120 valence electrons. The molecule has 0 radical (unpaired) electrons. The van der Waals surface area contributed by atoms with Crippen LogP contribution in [0.15, 0.2) is 62.9 Å². The summed E-state index contributed by atoms with van der Waals surface area (Å²) < 4.78 is 4.92. The predicted octanol–water partition coefficient (Wildman–Crippen LogP) is 2.25. The molecule has 1 aromatic heterocycles. The van der Waals surface area contributed by atoms with E-state index in [1.54, 1.807) is 18.2 Å². The zero-order valence-corrected chi connectivity index (χ0v) is 12.5. The molecule has 1 aliphatic heterocycles. The Morgan fingerprint density at radius 1 is 1.21 bits per heavy atom. The molecular formula is C17H13N3O4. The van der Waals surface area contributed by atoms with E-state index in [0.29, 0.717) is 23.2 Å². The fraction of sp³-hybridized carbons (Fsp3) is 0.118. The molecule has 24 heavy (non-hydrogen) atoms. The number of aromatic nitrogens is 1. The van der Waals surface area contributed by atoms with Crippen LogP contribution >= 0.6 is 0 Å². The Hall–Kier alpha value is -3.35. The first-order chi connectivity index (χ1) is 11.7. The predicted molar refractivity (Wildman–Crippen MR) is 87.9 cm³/mol. The Balaban J connectivity index is 1.46. The number of carbonyl (C=O) groups excluding carboxylic acids is 1. The van der Waals surface area contributed by atoms with Gasteiger partial charge in [0.15, 0.2) is 5.58 Å². The van der Waals surface area contributed by atoms with Gasteiger partial charge in [-0.05, 0) is 23.8 Å². The smallest absolute Gasteiger partial charge is 0.408 e. The number of rotatable bonds is 3. The molecule has 0 saturated heterocycles. The van der Waals surface area contributed by atoms with Gasteiger partial charge in [-0.1, -0.05) is 35.5 Å². The first kappa shape index (κ1) is 14.3. The Bertz CT molecular complexity index is 988. The van der Waals surface area contributed by atoms with E-state index >= 15 is 0 Å². The Labute approximate surface area is 135 Å². The van der Waals surface area contributed by atoms with Crippen molar-refractivity contribution in [3.8, 4) is 0 Å². The van der Waals surface area contributed by atoms with Crippen LogP contribution in [0.4, 0.5) is 5.69 Å². The lowest BCUT2D eigenvalue weighted by molar-refractivity contribution is -0.125. The van der Waals surface area contributed by atoms with Crippen LogP contribution in [0.1, 0.15) is 12.0 Å². The van der Waals surface area contributed by atoms with Crippen LogP contribution in [0.2, 0.25) is 0 Å². The van der Waals surface area contributed by atoms with Crippen molar-refractivity contribution in [3.05, 3.63) is 64.6 Å². The van der Waals surface area contributed by atoms with Crippen LogP contribution < -0.4 is 11.1 Å². The summed E-state index contributed by atoms with van der Waals surface area (Å²) in [6, 6.07) is 14.5. The Morgan fingerprint density at radius 2 is 2.04 bits per heavy atom. The molecule has 1 atom stereocenters. The molecule has 1 amide bonds. The van der Waals surface area contributed by atoms with Gasteiger partial charge >= 0.3 is 5.76 Å². The number of nitrogens with one attached hydrogen (secondary N) is 2. The highest BCUT2D eigenvalue weighted by atomic mass is 16.6. The zero-order chi connectivity index (χ0) is 16.5. The second-order valence-electron chi connectivity index (χ2n) is 5.42. The highest BCUT2D eigenvalue weighted by molar-refractivity contribution is 6.06. The van der Waals surface area contributed by atoms with Gasteiger partial charge in [0.25, 0.3) is 5.91 Å². The summed E-state index contributed by atoms with van der Waals surface area (Å²) in [5.74, 6) is -0.830. The SMILES string of the molecule is O=C(Nc1ccc2oc(=O)[nH]c2c1)[C@@H]1CC(c2ccccc2)=NO1. The third-order valence-corrected chi connectivity index (χ3v) is 3.75. The van der Waals surface area contributed by atoms with Crippen molar-refractivity contribution in [1.82, 2.24) is 4.98 Å². The summed E-state index contributed by atoms with van der Waals surface area (Å²) in [7, 11) is 0. The van der Waals surface area contributed by atoms with Gasteiger partial charge in [0.05, 0.1) is 11.2 Å². The van der Waals surface area contributed by atoms with Crippen molar-refractivity contribution in [1.29, 1.82) is 0 Å². The maximum Gasteiger partial charge on any atom is 0.417 e. The van der Waals surface area contributed by atoms with Crippen LogP contribution in [-0.4, -0.2) is 22.7 Å². The normalized spacial score (nSPS) is 16.7. The second kappa shape index (κ2) is 5.69. The molecule has 0 saturated carbocycles. The number of anilines is 1. The average molecular weight is 323 g/mol. The maximum absolute atomic E-state index is 12.3. The third kappa shape index (κ3) is 2.67. The number of nitrogens with zero attached hydrogens (tertiary/aromatic N) is 1. The van der Waals surface area contributed by atoms with Crippen molar-refractivity contribution in [2.24, 2.45) is 5.16 Å². The van der Waals surface area contributed by atoms with Gasteiger partial charge in [-0.25, -0.2) is 4.79 Å². The second-order valence-corrected chi connectivity index (χ2v) is 5.42. The lowest BCUT2D eigenvalue weighted by Gasteiger charge is -2.09. The van der Waals surface area contributed by atoms with Gasteiger partial charge in [0, 0.05) is 12.1 Å². The lowest BCUT2D eigenvalue weighted by Crippen LogP contribution is -2.28. The molecule has 2 N–H and O–H groups in total. The van der Waals surface area contributed by atoms with Crippen LogP contribution in [0, 0.1) is 0 Å². The standard InChI is InChI=1S/C17H13N3O4/c21-16(15-9-12(20-24-15)10-4-2-1-3-5-10)18-11-6-7-14-13(8-11)19-17(22)23-14/h1-8,15H,9H2,(H,18,21)(H,19,22)/t15-/m0/s1. The van der Waals surface area contributed by atoms with Crippen molar-refractivity contribution in [2.75, 3.05) is 5.32 Å². The van der Waals surface area contributed by atoms with Crippen molar-refractivity contribution >= 4 is 28.4 Å². The summed E-state index contributed by atoms with van der Waals surface area (Å²) >= 11 is 0. The fourth-order valence-corrected chi connectivity index (χ4v) is 2.57. The summed E-state index contributed by atoms with van der Waals surface area (Å²) in [4.78, 5) is 31.3. The van der Waals surface area contributed by atoms with Crippen LogP contribution in [0.25, 0.3) is 11.1 Å². The average Bonchev–Trinajstić information content (AvgIpc) is 3.21. The molecule has 3 aromatic rings. The Morgan fingerprint density at radius 3 is 2.88 bits per heavy atom. The number of carbonyl (C=O) groups is 1. The molecule has 2 aromatic carbocycles. The zero-order valence-electron chi connectivity index (χ0n) is 12.5. The molecule has 7 heteroatoms. The van der Waals surface area contributed by atoms with E-state index in [-0.39, 0.29) is 5.91 Å². The quantitative estimate of drug-likeness (QED) is 0.772. The first-order valence-electron chi connectivity index (χ1n) is 7.41. The highest BCUT2D eigenvalue weighted by Crippen LogP contribution is 2.20. The fourth-order valence-electron chi connectivity index (χ4n) is 2.57. The monoisotopic (exact) mass is 323 g/mol. The van der Waals surface area contributed by atoms with Gasteiger partial charge < -0.3 is 14.6 Å². The maximum atomic E-state index is 12.3. The largest absolute Gasteiger partial charge is 0.417 e. The molecule has 0 aliphatic carbocycles. The van der Waals surface area contributed by atoms with Gasteiger partial charge in [-0.3, -0.25) is 9.78 Å². The summed E-state index contributed by atoms with van der Waals surface area (Å²) in [6.07, 6.45) is -0.278. The molecule has 1 aliphatic rings. The van der Waals surface area contributed by atoms with Gasteiger partial charge in [0.1, 0.15) is 0 Å². The van der Waals surface area contributed by atoms with Crippen molar-refractivity contribution < 1.29 is 14.0 Å². The topological polar surface area (TPSA) is 96.7 Å². The molecular weight excluding hydrogens is 310 g/mol. The Kier molecular flexibility index (Phi) is 3.38. The number of oxazole rings is 1. The van der Waals surface area contributed by atoms with Crippen LogP contribution in [0.3, 0.4) is 0 Å². The van der Waals surface area contributed by atoms with Crippen LogP contribution in [0.5, 0.6) is 0 Å². The summed E-state index contributed by atoms with van der Waals surface area (Å²) in [5.41, 5.74) is 3.17. The van der Waals surface area contributed by atoms with E-state index in [1.807, 2.05) is 30.3 Å². The molecule has 4 rings (SSSR count). The van der Waals surface area contributed by atoms with Gasteiger partial charge in [-0.15, -0.1) is 0 Å². The van der Waals surface area contributed by atoms with Crippen molar-refractivity contribution in [3.63, 3.8) is 0 Å². The van der Waals surface area contributed by atoms with E-state index in [9.17, 15) is 9.59 Å². The summed E-state index contributed by atoms with van der Waals surface area (Å²) in [5, 5.41) is 6.75. The minimum Gasteiger partial charge on any atom is -0.408 e. The number of H-pyrrole nitrogens is 1. The first-order valence-corrected chi connectivity index (χ1v) is 7.41. The number of oxime groups is 1. The molecule has 0 spiro atoms. The minimum absolute atomic E-state index is 0.296. The number of hydrogen-bond donors (Lipinski definition) is 2. The van der Waals surface area contributed by atoms with Crippen molar-refractivity contribution in [2.45, 2.75) is 12.5 Å². The number of aromatic amines is 1. The summed E-state index contributed by atoms with van der Waals surface area (Å²) in [6.45, 7) is 0. The molecule has 0 unspecified atom stereocenters. The molecule has 7 nitrogen and oxygen atoms in total. The van der Waals surface area contributed by atoms with E-state index in [1.165, 1.54) is 0 Å². The number of hydrogen-bond acceptors (Lipinski definition) is 5. The van der Waals surface area contributed by atoms with Crippen LogP contribution in [-0.2, 0) is 9.63 Å². The molecule has 0 fully saturated rings. The van der Waals surface area contributed by atoms with Gasteiger partial charge in [-0.2, -0.15) is 0 Å². The molecule has 2 heterocycles.